The molecule has 0 saturated carbocycles. The third-order valence-electron chi connectivity index (χ3n) is 6.58. The second-order valence-electron chi connectivity index (χ2n) is 9.39. The summed E-state index contributed by atoms with van der Waals surface area (Å²) in [5.74, 6) is 3.08. The van der Waals surface area contributed by atoms with E-state index in [1.807, 2.05) is 97.9 Å². The Morgan fingerprint density at radius 1 is 0.786 bits per heavy atom. The Kier molecular flexibility index (Phi) is 9.21. The van der Waals surface area contributed by atoms with Crippen LogP contribution in [0.3, 0.4) is 0 Å². The topological polar surface area (TPSA) is 106 Å². The van der Waals surface area contributed by atoms with Crippen LogP contribution in [0.2, 0.25) is 0 Å². The van der Waals surface area contributed by atoms with Crippen LogP contribution in [0, 0.1) is 0 Å². The van der Waals surface area contributed by atoms with Crippen LogP contribution < -0.4 is 25.5 Å². The predicted molar refractivity (Wildman–Crippen MR) is 169 cm³/mol. The van der Waals surface area contributed by atoms with Crippen molar-refractivity contribution < 1.29 is 9.47 Å². The van der Waals surface area contributed by atoms with Crippen LogP contribution in [0.25, 0.3) is 11.1 Å². The third-order valence-corrected chi connectivity index (χ3v) is 6.58. The molecule has 0 bridgehead atoms. The predicted octanol–water partition coefficient (Wildman–Crippen LogP) is 6.79. The number of hydrogen-bond donors (Lipinski definition) is 3. The average molecular weight is 560 g/mol. The molecule has 5 rings (SSSR count). The molecule has 0 radical (unpaired) electrons. The smallest absolute Gasteiger partial charge is 0.231 e. The summed E-state index contributed by atoms with van der Waals surface area (Å²) in [5.41, 5.74) is 8.73. The van der Waals surface area contributed by atoms with Gasteiger partial charge in [0.2, 0.25) is 5.95 Å². The van der Waals surface area contributed by atoms with Crippen molar-refractivity contribution >= 4 is 29.0 Å². The summed E-state index contributed by atoms with van der Waals surface area (Å²) in [5, 5.41) is 11.6. The van der Waals surface area contributed by atoms with E-state index in [1.54, 1.807) is 26.6 Å². The maximum absolute atomic E-state index is 5.49. The number of para-hydroxylation sites is 1. The summed E-state index contributed by atoms with van der Waals surface area (Å²) in [7, 11) is 3.27. The van der Waals surface area contributed by atoms with Crippen molar-refractivity contribution in [2.75, 3.05) is 36.8 Å². The molecule has 42 heavy (non-hydrogen) atoms. The molecule has 0 spiro atoms. The van der Waals surface area contributed by atoms with Crippen molar-refractivity contribution in [2.45, 2.75) is 13.3 Å². The zero-order valence-electron chi connectivity index (χ0n) is 23.8. The first-order valence-electron chi connectivity index (χ1n) is 13.6. The number of pyridine rings is 1. The van der Waals surface area contributed by atoms with E-state index in [9.17, 15) is 0 Å². The van der Waals surface area contributed by atoms with Gasteiger partial charge in [0, 0.05) is 30.2 Å². The lowest BCUT2D eigenvalue weighted by Crippen LogP contribution is -2.12. The summed E-state index contributed by atoms with van der Waals surface area (Å²) in [6.07, 6.45) is 4.23. The van der Waals surface area contributed by atoms with Crippen molar-refractivity contribution in [1.29, 1.82) is 0 Å². The van der Waals surface area contributed by atoms with Gasteiger partial charge in [-0.15, -0.1) is 0 Å². The highest BCUT2D eigenvalue weighted by Crippen LogP contribution is 2.35. The van der Waals surface area contributed by atoms with Gasteiger partial charge in [-0.3, -0.25) is 10.4 Å². The molecule has 0 atom stereocenters. The van der Waals surface area contributed by atoms with Crippen LogP contribution in [0.4, 0.5) is 23.3 Å². The fraction of sp³-hybridized carbons (Fsp3) is 0.152. The van der Waals surface area contributed by atoms with Gasteiger partial charge in [0.25, 0.3) is 0 Å². The highest BCUT2D eigenvalue weighted by Gasteiger charge is 2.17. The van der Waals surface area contributed by atoms with E-state index in [0.29, 0.717) is 35.6 Å². The number of rotatable bonds is 12. The summed E-state index contributed by atoms with van der Waals surface area (Å²) in [6.45, 7) is 2.56. The quantitative estimate of drug-likeness (QED) is 0.113. The molecule has 0 amide bonds. The van der Waals surface area contributed by atoms with Gasteiger partial charge >= 0.3 is 0 Å². The molecule has 0 fully saturated rings. The lowest BCUT2D eigenvalue weighted by Gasteiger charge is -2.17. The number of benzene rings is 3. The molecule has 212 valence electrons. The zero-order chi connectivity index (χ0) is 29.1. The van der Waals surface area contributed by atoms with E-state index >= 15 is 0 Å². The van der Waals surface area contributed by atoms with Crippen molar-refractivity contribution in [3.05, 3.63) is 115 Å². The van der Waals surface area contributed by atoms with Crippen LogP contribution in [0.5, 0.6) is 11.5 Å². The van der Waals surface area contributed by atoms with Crippen molar-refractivity contribution in [3.8, 4) is 22.6 Å². The van der Waals surface area contributed by atoms with E-state index in [2.05, 4.69) is 26.1 Å². The van der Waals surface area contributed by atoms with E-state index in [1.165, 1.54) is 0 Å². The van der Waals surface area contributed by atoms with Gasteiger partial charge in [-0.05, 0) is 60.9 Å². The molecule has 5 aromatic rings. The second kappa shape index (κ2) is 13.8. The van der Waals surface area contributed by atoms with Gasteiger partial charge in [0.15, 0.2) is 17.3 Å². The standard InChI is InChI=1S/C33H33N7O2/c1-23(25-17-19-34-20-18-25)39-40-32-30(26-10-6-4-7-11-26)31(37-33(38-32)36-27-12-8-5-9-13-27)35-21-16-24-14-15-28(41-2)29(22-24)42-3/h4-15,17-20,22H,16,21H2,1-3H3,(H3,35,36,37,38,40). The van der Waals surface area contributed by atoms with Gasteiger partial charge in [-0.25, -0.2) is 0 Å². The molecule has 0 unspecified atom stereocenters. The fourth-order valence-electron chi connectivity index (χ4n) is 4.41. The normalized spacial score (nSPS) is 11.1. The highest BCUT2D eigenvalue weighted by molar-refractivity contribution is 5.99. The molecular weight excluding hydrogens is 526 g/mol. The third kappa shape index (κ3) is 7.00. The van der Waals surface area contributed by atoms with Crippen molar-refractivity contribution in [1.82, 2.24) is 15.0 Å². The van der Waals surface area contributed by atoms with Gasteiger partial charge in [0.1, 0.15) is 5.82 Å². The van der Waals surface area contributed by atoms with E-state index in [0.717, 1.165) is 40.1 Å². The Morgan fingerprint density at radius 2 is 1.48 bits per heavy atom. The number of anilines is 4. The molecule has 9 heteroatoms. The maximum atomic E-state index is 5.49. The molecule has 9 nitrogen and oxygen atoms in total. The minimum Gasteiger partial charge on any atom is -0.493 e. The van der Waals surface area contributed by atoms with Gasteiger partial charge in [-0.2, -0.15) is 15.1 Å². The summed E-state index contributed by atoms with van der Waals surface area (Å²) < 4.78 is 10.9. The molecule has 2 heterocycles. The lowest BCUT2D eigenvalue weighted by molar-refractivity contribution is 0.354. The number of nitrogens with one attached hydrogen (secondary N) is 3. The lowest BCUT2D eigenvalue weighted by atomic mass is 10.1. The summed E-state index contributed by atoms with van der Waals surface area (Å²) in [4.78, 5) is 13.9. The molecule has 3 aromatic carbocycles. The van der Waals surface area contributed by atoms with Crippen LogP contribution in [0.15, 0.2) is 108 Å². The molecule has 0 aliphatic carbocycles. The van der Waals surface area contributed by atoms with Gasteiger partial charge < -0.3 is 20.1 Å². The van der Waals surface area contributed by atoms with Crippen LogP contribution in [-0.4, -0.2) is 41.4 Å². The number of hydrogen-bond acceptors (Lipinski definition) is 9. The van der Waals surface area contributed by atoms with Crippen LogP contribution >= 0.6 is 0 Å². The first-order valence-corrected chi connectivity index (χ1v) is 13.6. The number of methoxy groups -OCH3 is 2. The fourth-order valence-corrected chi connectivity index (χ4v) is 4.41. The first kappa shape index (κ1) is 28.1. The molecule has 0 aliphatic rings. The first-order chi connectivity index (χ1) is 20.6. The summed E-state index contributed by atoms with van der Waals surface area (Å²) >= 11 is 0. The Labute approximate surface area is 245 Å². The molecular formula is C33H33N7O2. The Hall–Kier alpha value is -5.44. The highest BCUT2D eigenvalue weighted by atomic mass is 16.5. The minimum absolute atomic E-state index is 0.439. The number of ether oxygens (including phenoxy) is 2. The SMILES string of the molecule is COc1ccc(CCNc2nc(Nc3ccccc3)nc(NN=C(C)c3ccncc3)c2-c2ccccc2)cc1OC. The average Bonchev–Trinajstić information content (AvgIpc) is 3.04. The Balaban J connectivity index is 1.51. The number of aromatic nitrogens is 3. The van der Waals surface area contributed by atoms with Crippen molar-refractivity contribution in [3.63, 3.8) is 0 Å². The Morgan fingerprint density at radius 3 is 2.19 bits per heavy atom. The second-order valence-corrected chi connectivity index (χ2v) is 9.39. The van der Waals surface area contributed by atoms with E-state index < -0.39 is 0 Å². The van der Waals surface area contributed by atoms with Gasteiger partial charge in [-0.1, -0.05) is 54.6 Å². The van der Waals surface area contributed by atoms with Crippen LogP contribution in [0.1, 0.15) is 18.1 Å². The van der Waals surface area contributed by atoms with Gasteiger partial charge in [0.05, 0.1) is 25.5 Å². The maximum Gasteiger partial charge on any atom is 0.231 e. The zero-order valence-corrected chi connectivity index (χ0v) is 23.8. The molecule has 2 aromatic heterocycles. The van der Waals surface area contributed by atoms with Crippen molar-refractivity contribution in [2.24, 2.45) is 5.10 Å². The van der Waals surface area contributed by atoms with Crippen LogP contribution in [-0.2, 0) is 6.42 Å². The Bertz CT molecular complexity index is 1630. The van der Waals surface area contributed by atoms with E-state index in [4.69, 9.17) is 19.4 Å². The molecule has 3 N–H and O–H groups in total. The molecule has 0 aliphatic heterocycles. The number of nitrogens with zero attached hydrogens (tertiary/aromatic N) is 4. The monoisotopic (exact) mass is 559 g/mol. The number of hydrazone groups is 1. The van der Waals surface area contributed by atoms with E-state index in [-0.39, 0.29) is 0 Å². The summed E-state index contributed by atoms with van der Waals surface area (Å²) in [6, 6.07) is 29.7. The minimum atomic E-state index is 0.439. The molecule has 0 saturated heterocycles. The largest absolute Gasteiger partial charge is 0.493 e.